The first-order valence-electron chi connectivity index (χ1n) is 5.37. The van der Waals surface area contributed by atoms with Crippen LogP contribution < -0.4 is 0 Å². The number of hydrogen-bond donors (Lipinski definition) is 1. The zero-order valence-corrected chi connectivity index (χ0v) is 10.4. The van der Waals surface area contributed by atoms with Crippen LogP contribution in [0.25, 0.3) is 0 Å². The van der Waals surface area contributed by atoms with Crippen molar-refractivity contribution in [1.29, 1.82) is 0 Å². The molecule has 1 N–H and O–H groups in total. The van der Waals surface area contributed by atoms with E-state index >= 15 is 0 Å². The van der Waals surface area contributed by atoms with E-state index in [4.69, 9.17) is 5.11 Å². The number of hydrogen-bond acceptors (Lipinski definition) is 5. The fraction of sp³-hybridized carbons (Fsp3) is 0.273. The summed E-state index contributed by atoms with van der Waals surface area (Å²) < 4.78 is 1.85. The summed E-state index contributed by atoms with van der Waals surface area (Å²) in [5, 5.41) is 16.9. The third kappa shape index (κ3) is 3.56. The number of thioether (sulfide) groups is 1. The van der Waals surface area contributed by atoms with Crippen molar-refractivity contribution >= 4 is 17.7 Å². The minimum absolute atomic E-state index is 0.00835. The summed E-state index contributed by atoms with van der Waals surface area (Å²) in [4.78, 5) is 14.5. The molecule has 0 unspecified atom stereocenters. The molecule has 0 radical (unpaired) electrons. The van der Waals surface area contributed by atoms with Gasteiger partial charge < -0.3 is 9.67 Å². The molecule has 0 aliphatic heterocycles. The smallest absolute Gasteiger partial charge is 0.313 e. The molecule has 0 atom stereocenters. The molecule has 0 saturated carbocycles. The Balaban J connectivity index is 1.93. The van der Waals surface area contributed by atoms with Crippen LogP contribution in [0.2, 0.25) is 0 Å². The van der Waals surface area contributed by atoms with Crippen LogP contribution >= 0.6 is 11.8 Å². The standard InChI is InChI=1S/C11H12N4O2S/c16-10(17)7-18-11-14-13-8-15(11)5-3-9-2-1-4-12-6-9/h1-2,4,6,8H,3,5,7H2,(H,16,17). The van der Waals surface area contributed by atoms with Crippen molar-refractivity contribution in [1.82, 2.24) is 19.7 Å². The van der Waals surface area contributed by atoms with Gasteiger partial charge in [-0.05, 0) is 18.1 Å². The van der Waals surface area contributed by atoms with Gasteiger partial charge in [0.1, 0.15) is 6.33 Å². The van der Waals surface area contributed by atoms with Crippen LogP contribution in [0.3, 0.4) is 0 Å². The molecule has 0 fully saturated rings. The number of aryl methyl sites for hydroxylation is 2. The monoisotopic (exact) mass is 264 g/mol. The number of aliphatic carboxylic acids is 1. The Hall–Kier alpha value is -1.89. The lowest BCUT2D eigenvalue weighted by Crippen LogP contribution is -2.04. The first-order chi connectivity index (χ1) is 8.75. The zero-order chi connectivity index (χ0) is 12.8. The highest BCUT2D eigenvalue weighted by Gasteiger charge is 2.07. The largest absolute Gasteiger partial charge is 0.481 e. The lowest BCUT2D eigenvalue weighted by atomic mass is 10.2. The minimum Gasteiger partial charge on any atom is -0.481 e. The Bertz CT molecular complexity index is 515. The molecule has 2 heterocycles. The number of carboxylic acids is 1. The average Bonchev–Trinajstić information content (AvgIpc) is 2.82. The normalized spacial score (nSPS) is 10.4. The number of carboxylic acid groups (broad SMARTS) is 1. The van der Waals surface area contributed by atoms with E-state index in [1.165, 1.54) is 11.8 Å². The fourth-order valence-electron chi connectivity index (χ4n) is 1.43. The summed E-state index contributed by atoms with van der Waals surface area (Å²) in [5.41, 5.74) is 1.13. The van der Waals surface area contributed by atoms with Crippen LogP contribution in [0, 0.1) is 0 Å². The van der Waals surface area contributed by atoms with Crippen molar-refractivity contribution in [2.24, 2.45) is 0 Å². The van der Waals surface area contributed by atoms with Crippen molar-refractivity contribution in [2.75, 3.05) is 5.75 Å². The van der Waals surface area contributed by atoms with Gasteiger partial charge in [0.05, 0.1) is 5.75 Å². The van der Waals surface area contributed by atoms with Gasteiger partial charge in [0.15, 0.2) is 5.16 Å². The predicted molar refractivity (Wildman–Crippen MR) is 66.3 cm³/mol. The minimum atomic E-state index is -0.859. The molecule has 94 valence electrons. The van der Waals surface area contributed by atoms with Gasteiger partial charge in [0.2, 0.25) is 0 Å². The van der Waals surface area contributed by atoms with Gasteiger partial charge in [-0.25, -0.2) is 0 Å². The van der Waals surface area contributed by atoms with Crippen LogP contribution in [-0.4, -0.2) is 36.6 Å². The molecule has 18 heavy (non-hydrogen) atoms. The molecule has 7 heteroatoms. The van der Waals surface area contributed by atoms with E-state index < -0.39 is 5.97 Å². The van der Waals surface area contributed by atoms with Gasteiger partial charge in [-0.15, -0.1) is 10.2 Å². The summed E-state index contributed by atoms with van der Waals surface area (Å²) in [7, 11) is 0. The van der Waals surface area contributed by atoms with E-state index in [1.54, 1.807) is 12.5 Å². The molecule has 0 aromatic carbocycles. The van der Waals surface area contributed by atoms with Crippen LogP contribution in [0.1, 0.15) is 5.56 Å². The second kappa shape index (κ2) is 6.15. The summed E-state index contributed by atoms with van der Waals surface area (Å²) in [6.45, 7) is 0.709. The molecule has 6 nitrogen and oxygen atoms in total. The lowest BCUT2D eigenvalue weighted by Gasteiger charge is -2.05. The van der Waals surface area contributed by atoms with E-state index in [-0.39, 0.29) is 5.75 Å². The van der Waals surface area contributed by atoms with Gasteiger partial charge in [-0.3, -0.25) is 9.78 Å². The molecule has 0 spiro atoms. The lowest BCUT2D eigenvalue weighted by molar-refractivity contribution is -0.133. The molecule has 2 aromatic rings. The average molecular weight is 264 g/mol. The summed E-state index contributed by atoms with van der Waals surface area (Å²) in [5.74, 6) is -0.868. The number of rotatable bonds is 6. The Morgan fingerprint density at radius 3 is 3.11 bits per heavy atom. The van der Waals surface area contributed by atoms with Gasteiger partial charge in [-0.1, -0.05) is 17.8 Å². The summed E-state index contributed by atoms with van der Waals surface area (Å²) in [6.07, 6.45) is 5.97. The molecule has 0 aliphatic carbocycles. The van der Waals surface area contributed by atoms with E-state index in [0.717, 1.165) is 12.0 Å². The molecular weight excluding hydrogens is 252 g/mol. The molecule has 2 rings (SSSR count). The van der Waals surface area contributed by atoms with E-state index in [0.29, 0.717) is 11.7 Å². The van der Waals surface area contributed by atoms with E-state index in [9.17, 15) is 4.79 Å². The second-order valence-electron chi connectivity index (χ2n) is 3.60. The maximum Gasteiger partial charge on any atom is 0.313 e. The number of pyridine rings is 1. The van der Waals surface area contributed by atoms with Crippen LogP contribution in [0.15, 0.2) is 36.0 Å². The Morgan fingerprint density at radius 1 is 1.50 bits per heavy atom. The quantitative estimate of drug-likeness (QED) is 0.787. The van der Waals surface area contributed by atoms with Gasteiger partial charge in [0, 0.05) is 18.9 Å². The fourth-order valence-corrected chi connectivity index (χ4v) is 2.09. The highest BCUT2D eigenvalue weighted by molar-refractivity contribution is 7.99. The van der Waals surface area contributed by atoms with Gasteiger partial charge in [0.25, 0.3) is 0 Å². The highest BCUT2D eigenvalue weighted by atomic mass is 32.2. The van der Waals surface area contributed by atoms with Crippen LogP contribution in [0.4, 0.5) is 0 Å². The Morgan fingerprint density at radius 2 is 2.39 bits per heavy atom. The van der Waals surface area contributed by atoms with Gasteiger partial charge in [-0.2, -0.15) is 0 Å². The SMILES string of the molecule is O=C(O)CSc1nncn1CCc1cccnc1. The van der Waals surface area contributed by atoms with Crippen molar-refractivity contribution < 1.29 is 9.90 Å². The molecule has 0 bridgehead atoms. The molecule has 0 amide bonds. The maximum atomic E-state index is 10.5. The first-order valence-corrected chi connectivity index (χ1v) is 6.35. The molecule has 0 saturated heterocycles. The van der Waals surface area contributed by atoms with Crippen LogP contribution in [0.5, 0.6) is 0 Å². The maximum absolute atomic E-state index is 10.5. The van der Waals surface area contributed by atoms with E-state index in [1.807, 2.05) is 22.9 Å². The summed E-state index contributed by atoms with van der Waals surface area (Å²) in [6, 6.07) is 3.89. The highest BCUT2D eigenvalue weighted by Crippen LogP contribution is 2.14. The molecular formula is C11H12N4O2S. The number of carbonyl (C=O) groups is 1. The molecule has 0 aliphatic rings. The van der Waals surface area contributed by atoms with Crippen LogP contribution in [-0.2, 0) is 17.8 Å². The third-order valence-corrected chi connectivity index (χ3v) is 3.23. The number of aromatic nitrogens is 4. The predicted octanol–water partition coefficient (Wildman–Crippen LogP) is 1.09. The topological polar surface area (TPSA) is 80.9 Å². The molecule has 2 aromatic heterocycles. The van der Waals surface area contributed by atoms with E-state index in [2.05, 4.69) is 15.2 Å². The Kier molecular flexibility index (Phi) is 4.30. The zero-order valence-electron chi connectivity index (χ0n) is 9.56. The van der Waals surface area contributed by atoms with Crippen molar-refractivity contribution in [3.05, 3.63) is 36.4 Å². The van der Waals surface area contributed by atoms with Crippen molar-refractivity contribution in [2.45, 2.75) is 18.1 Å². The number of nitrogens with zero attached hydrogens (tertiary/aromatic N) is 4. The van der Waals surface area contributed by atoms with Crippen molar-refractivity contribution in [3.8, 4) is 0 Å². The summed E-state index contributed by atoms with van der Waals surface area (Å²) >= 11 is 1.17. The third-order valence-electron chi connectivity index (χ3n) is 2.27. The van der Waals surface area contributed by atoms with Gasteiger partial charge >= 0.3 is 5.97 Å². The first kappa shape index (κ1) is 12.6. The van der Waals surface area contributed by atoms with Crippen molar-refractivity contribution in [3.63, 3.8) is 0 Å². The second-order valence-corrected chi connectivity index (χ2v) is 4.54. The Labute approximate surface area is 108 Å².